The first-order chi connectivity index (χ1) is 5.02. The molecule has 0 aliphatic carbocycles. The van der Waals surface area contributed by atoms with Gasteiger partial charge in [0.25, 0.3) is 0 Å². The summed E-state index contributed by atoms with van der Waals surface area (Å²) in [5.74, 6) is 0.689. The Balaban J connectivity index is 3.76. The van der Waals surface area contributed by atoms with Crippen LogP contribution in [0.5, 0.6) is 0 Å². The van der Waals surface area contributed by atoms with Crippen molar-refractivity contribution in [1.82, 2.24) is 0 Å². The normalized spacial score (nSPS) is 14.1. The third-order valence-electron chi connectivity index (χ3n) is 1.94. The summed E-state index contributed by atoms with van der Waals surface area (Å²) in [4.78, 5) is 0. The van der Waals surface area contributed by atoms with Crippen LogP contribution in [-0.2, 0) is 0 Å². The molecule has 0 saturated heterocycles. The van der Waals surface area contributed by atoms with Crippen molar-refractivity contribution in [2.75, 3.05) is 0 Å². The Bertz CT molecular complexity index is 141. The van der Waals surface area contributed by atoms with E-state index in [1.54, 1.807) is 0 Å². The minimum absolute atomic E-state index is 0.130. The summed E-state index contributed by atoms with van der Waals surface area (Å²) in [5.41, 5.74) is -0.130. The lowest BCUT2D eigenvalue weighted by atomic mass is 9.83. The number of hydrogen-bond donors (Lipinski definition) is 0. The van der Waals surface area contributed by atoms with E-state index in [1.165, 1.54) is 12.8 Å². The van der Waals surface area contributed by atoms with Crippen molar-refractivity contribution in [2.24, 2.45) is 11.3 Å². The van der Waals surface area contributed by atoms with Crippen LogP contribution < -0.4 is 0 Å². The van der Waals surface area contributed by atoms with Gasteiger partial charge in [0.05, 0.1) is 11.5 Å². The highest BCUT2D eigenvalue weighted by atomic mass is 14.3. The Kier molecular flexibility index (Phi) is 4.18. The zero-order valence-corrected chi connectivity index (χ0v) is 8.15. The monoisotopic (exact) mass is 153 g/mol. The van der Waals surface area contributed by atoms with Gasteiger partial charge in [-0.15, -0.1) is 0 Å². The summed E-state index contributed by atoms with van der Waals surface area (Å²) in [6, 6.07) is 2.33. The first-order valence-electron chi connectivity index (χ1n) is 4.43. The highest BCUT2D eigenvalue weighted by Crippen LogP contribution is 2.26. The van der Waals surface area contributed by atoms with Crippen LogP contribution in [0.4, 0.5) is 0 Å². The fourth-order valence-corrected chi connectivity index (χ4v) is 1.51. The van der Waals surface area contributed by atoms with Gasteiger partial charge in [-0.25, -0.2) is 0 Å². The Morgan fingerprint density at radius 2 is 2.00 bits per heavy atom. The molecular formula is C10H19N. The quantitative estimate of drug-likeness (QED) is 0.607. The molecule has 0 N–H and O–H groups in total. The fraction of sp³-hybridized carbons (Fsp3) is 0.900. The number of hydrogen-bond acceptors (Lipinski definition) is 1. The molecule has 0 radical (unpaired) electrons. The summed E-state index contributed by atoms with van der Waals surface area (Å²) in [6.07, 6.45) is 3.49. The average Bonchev–Trinajstić information content (AvgIpc) is 1.87. The molecule has 0 aromatic carbocycles. The van der Waals surface area contributed by atoms with Crippen molar-refractivity contribution in [1.29, 1.82) is 5.26 Å². The molecule has 64 valence electrons. The van der Waals surface area contributed by atoms with Crippen LogP contribution in [0, 0.1) is 22.7 Å². The van der Waals surface area contributed by atoms with E-state index >= 15 is 0 Å². The molecule has 1 nitrogen and oxygen atoms in total. The van der Waals surface area contributed by atoms with Gasteiger partial charge in [0.1, 0.15) is 0 Å². The lowest BCUT2D eigenvalue weighted by Crippen LogP contribution is -2.12. The van der Waals surface area contributed by atoms with Gasteiger partial charge < -0.3 is 0 Å². The molecule has 0 amide bonds. The van der Waals surface area contributed by atoms with E-state index in [2.05, 4.69) is 19.9 Å². The molecule has 0 aromatic heterocycles. The molecule has 0 aliphatic rings. The van der Waals surface area contributed by atoms with Crippen LogP contribution in [0.3, 0.4) is 0 Å². The minimum Gasteiger partial charge on any atom is -0.198 e. The SMILES string of the molecule is CCCC(C)CC(C)(C)C#N. The summed E-state index contributed by atoms with van der Waals surface area (Å²) >= 11 is 0. The molecular weight excluding hydrogens is 134 g/mol. The molecule has 0 aliphatic heterocycles. The maximum absolute atomic E-state index is 8.76. The Morgan fingerprint density at radius 1 is 1.45 bits per heavy atom. The second-order valence-electron chi connectivity index (χ2n) is 4.09. The Labute approximate surface area is 70.4 Å². The van der Waals surface area contributed by atoms with Crippen molar-refractivity contribution >= 4 is 0 Å². The average molecular weight is 153 g/mol. The number of nitrogens with zero attached hydrogens (tertiary/aromatic N) is 1. The van der Waals surface area contributed by atoms with Gasteiger partial charge in [0.2, 0.25) is 0 Å². The van der Waals surface area contributed by atoms with E-state index in [1.807, 2.05) is 13.8 Å². The van der Waals surface area contributed by atoms with Crippen LogP contribution >= 0.6 is 0 Å². The van der Waals surface area contributed by atoms with Gasteiger partial charge in [-0.2, -0.15) is 5.26 Å². The molecule has 0 aromatic rings. The molecule has 0 bridgehead atoms. The van der Waals surface area contributed by atoms with Crippen molar-refractivity contribution in [3.8, 4) is 6.07 Å². The first-order valence-corrected chi connectivity index (χ1v) is 4.43. The number of nitriles is 1. The van der Waals surface area contributed by atoms with Crippen molar-refractivity contribution in [3.05, 3.63) is 0 Å². The predicted molar refractivity (Wildman–Crippen MR) is 48.1 cm³/mol. The van der Waals surface area contributed by atoms with Crippen LogP contribution in [0.25, 0.3) is 0 Å². The molecule has 1 heteroatoms. The lowest BCUT2D eigenvalue weighted by Gasteiger charge is -2.19. The largest absolute Gasteiger partial charge is 0.198 e. The van der Waals surface area contributed by atoms with Crippen LogP contribution in [0.1, 0.15) is 47.0 Å². The van der Waals surface area contributed by atoms with Gasteiger partial charge in [-0.1, -0.05) is 26.7 Å². The van der Waals surface area contributed by atoms with Gasteiger partial charge in [-0.05, 0) is 26.2 Å². The van der Waals surface area contributed by atoms with Crippen LogP contribution in [0.15, 0.2) is 0 Å². The highest BCUT2D eigenvalue weighted by molar-refractivity contribution is 4.92. The lowest BCUT2D eigenvalue weighted by molar-refractivity contribution is 0.342. The van der Waals surface area contributed by atoms with Crippen LogP contribution in [-0.4, -0.2) is 0 Å². The van der Waals surface area contributed by atoms with E-state index in [9.17, 15) is 0 Å². The van der Waals surface area contributed by atoms with Gasteiger partial charge in [0, 0.05) is 0 Å². The minimum atomic E-state index is -0.130. The molecule has 0 fully saturated rings. The summed E-state index contributed by atoms with van der Waals surface area (Å²) in [6.45, 7) is 8.44. The molecule has 0 heterocycles. The van der Waals surface area contributed by atoms with Crippen molar-refractivity contribution in [3.63, 3.8) is 0 Å². The standard InChI is InChI=1S/C10H19N/c1-5-6-9(2)7-10(3,4)8-11/h9H,5-7H2,1-4H3. The maximum atomic E-state index is 8.76. The molecule has 0 spiro atoms. The van der Waals surface area contributed by atoms with Crippen molar-refractivity contribution in [2.45, 2.75) is 47.0 Å². The smallest absolute Gasteiger partial charge is 0.0684 e. The number of rotatable bonds is 4. The molecule has 11 heavy (non-hydrogen) atoms. The van der Waals surface area contributed by atoms with Crippen LogP contribution in [0.2, 0.25) is 0 Å². The fourth-order valence-electron chi connectivity index (χ4n) is 1.51. The second kappa shape index (κ2) is 4.38. The summed E-state index contributed by atoms with van der Waals surface area (Å²) < 4.78 is 0. The molecule has 1 unspecified atom stereocenters. The van der Waals surface area contributed by atoms with Gasteiger partial charge in [0.15, 0.2) is 0 Å². The van der Waals surface area contributed by atoms with Gasteiger partial charge in [-0.3, -0.25) is 0 Å². The first kappa shape index (κ1) is 10.5. The zero-order valence-electron chi connectivity index (χ0n) is 8.15. The molecule has 0 saturated carbocycles. The molecule has 1 atom stereocenters. The predicted octanol–water partition coefficient (Wildman–Crippen LogP) is 3.36. The third kappa shape index (κ3) is 4.84. The van der Waals surface area contributed by atoms with E-state index in [0.29, 0.717) is 5.92 Å². The van der Waals surface area contributed by atoms with E-state index in [4.69, 9.17) is 5.26 Å². The van der Waals surface area contributed by atoms with E-state index in [-0.39, 0.29) is 5.41 Å². The third-order valence-corrected chi connectivity index (χ3v) is 1.94. The summed E-state index contributed by atoms with van der Waals surface area (Å²) in [7, 11) is 0. The zero-order chi connectivity index (χ0) is 8.91. The summed E-state index contributed by atoms with van der Waals surface area (Å²) in [5, 5.41) is 8.76. The highest BCUT2D eigenvalue weighted by Gasteiger charge is 2.19. The van der Waals surface area contributed by atoms with Gasteiger partial charge >= 0.3 is 0 Å². The second-order valence-corrected chi connectivity index (χ2v) is 4.09. The van der Waals surface area contributed by atoms with E-state index < -0.39 is 0 Å². The van der Waals surface area contributed by atoms with E-state index in [0.717, 1.165) is 6.42 Å². The maximum Gasteiger partial charge on any atom is 0.0684 e. The van der Waals surface area contributed by atoms with Crippen molar-refractivity contribution < 1.29 is 0 Å². The molecule has 0 rings (SSSR count). The Morgan fingerprint density at radius 3 is 2.36 bits per heavy atom. The Hall–Kier alpha value is -0.510. The topological polar surface area (TPSA) is 23.8 Å².